The number of rotatable bonds is 7. The molecule has 1 atom stereocenters. The third-order valence-electron chi connectivity index (χ3n) is 2.97. The van der Waals surface area contributed by atoms with E-state index in [0.29, 0.717) is 19.3 Å². The third kappa shape index (κ3) is 3.71. The summed E-state index contributed by atoms with van der Waals surface area (Å²) in [4.78, 5) is 22.9. The van der Waals surface area contributed by atoms with Gasteiger partial charge in [-0.15, -0.1) is 5.10 Å². The van der Waals surface area contributed by atoms with Crippen molar-refractivity contribution in [1.29, 1.82) is 0 Å². The van der Waals surface area contributed by atoms with E-state index in [1.807, 2.05) is 30.3 Å². The second-order valence-electron chi connectivity index (χ2n) is 4.33. The van der Waals surface area contributed by atoms with Crippen molar-refractivity contribution >= 4 is 12.2 Å². The molecule has 1 heterocycles. The van der Waals surface area contributed by atoms with Crippen LogP contribution in [0, 0.1) is 0 Å². The number of hydrogen-bond donors (Lipinski definition) is 1. The third-order valence-corrected chi connectivity index (χ3v) is 2.97. The molecule has 1 aromatic heterocycles. The maximum atomic E-state index is 12.2. The zero-order valence-electron chi connectivity index (χ0n) is 10.9. The fraction of sp³-hybridized carbons (Fsp3) is 0.200. The lowest BCUT2D eigenvalue weighted by Gasteiger charge is -2.14. The van der Waals surface area contributed by atoms with Crippen LogP contribution in [-0.4, -0.2) is 28.4 Å². The predicted octanol–water partition coefficient (Wildman–Crippen LogP) is 1.41. The molecule has 20 heavy (non-hydrogen) atoms. The van der Waals surface area contributed by atoms with Crippen LogP contribution in [-0.2, 0) is 11.2 Å². The van der Waals surface area contributed by atoms with Crippen LogP contribution in [0.25, 0.3) is 0 Å². The minimum absolute atomic E-state index is 0.221. The van der Waals surface area contributed by atoms with Crippen molar-refractivity contribution in [2.24, 2.45) is 0 Å². The number of carbonyl (C=O) groups excluding carboxylic acids is 2. The van der Waals surface area contributed by atoms with Crippen LogP contribution in [0.15, 0.2) is 48.7 Å². The van der Waals surface area contributed by atoms with Crippen molar-refractivity contribution in [1.82, 2.24) is 15.5 Å². The normalized spacial score (nSPS) is 11.6. The van der Waals surface area contributed by atoms with E-state index in [1.54, 1.807) is 12.1 Å². The molecule has 0 aliphatic carbocycles. The SMILES string of the molecule is O=CN[C@@H](CCc1ccccc1)C(=O)c1cccnn1. The lowest BCUT2D eigenvalue weighted by molar-refractivity contribution is -0.110. The number of benzene rings is 1. The summed E-state index contributed by atoms with van der Waals surface area (Å²) in [7, 11) is 0. The molecule has 0 aliphatic rings. The molecule has 5 nitrogen and oxygen atoms in total. The molecule has 1 N–H and O–H groups in total. The Bertz CT molecular complexity index is 558. The van der Waals surface area contributed by atoms with E-state index in [2.05, 4.69) is 15.5 Å². The zero-order valence-corrected chi connectivity index (χ0v) is 10.9. The molecule has 2 rings (SSSR count). The maximum absolute atomic E-state index is 12.2. The van der Waals surface area contributed by atoms with Gasteiger partial charge in [0.25, 0.3) is 0 Å². The van der Waals surface area contributed by atoms with Crippen molar-refractivity contribution in [3.8, 4) is 0 Å². The highest BCUT2D eigenvalue weighted by atomic mass is 16.1. The van der Waals surface area contributed by atoms with Crippen LogP contribution in [0.4, 0.5) is 0 Å². The number of carbonyl (C=O) groups is 2. The molecule has 0 saturated carbocycles. The first-order valence-electron chi connectivity index (χ1n) is 6.37. The predicted molar refractivity (Wildman–Crippen MR) is 74.1 cm³/mol. The molecular weight excluding hydrogens is 254 g/mol. The first-order chi connectivity index (χ1) is 9.81. The maximum Gasteiger partial charge on any atom is 0.207 e. The molecule has 0 unspecified atom stereocenters. The molecule has 0 spiro atoms. The second-order valence-corrected chi connectivity index (χ2v) is 4.33. The molecule has 0 saturated heterocycles. The number of amides is 1. The average molecular weight is 269 g/mol. The van der Waals surface area contributed by atoms with E-state index < -0.39 is 6.04 Å². The largest absolute Gasteiger partial charge is 0.348 e. The molecule has 5 heteroatoms. The summed E-state index contributed by atoms with van der Waals surface area (Å²) in [6.07, 6.45) is 3.28. The summed E-state index contributed by atoms with van der Waals surface area (Å²) >= 11 is 0. The van der Waals surface area contributed by atoms with Crippen LogP contribution in [0.5, 0.6) is 0 Å². The van der Waals surface area contributed by atoms with E-state index in [9.17, 15) is 9.59 Å². The van der Waals surface area contributed by atoms with Crippen LogP contribution in [0.2, 0.25) is 0 Å². The summed E-state index contributed by atoms with van der Waals surface area (Å²) in [5.74, 6) is -0.221. The second kappa shape index (κ2) is 7.13. The lowest BCUT2D eigenvalue weighted by atomic mass is 10.0. The minimum Gasteiger partial charge on any atom is -0.348 e. The number of nitrogens with zero attached hydrogens (tertiary/aromatic N) is 2. The molecule has 2 aromatic rings. The number of aryl methyl sites for hydroxylation is 1. The number of ketones is 1. The van der Waals surface area contributed by atoms with Gasteiger partial charge in [-0.3, -0.25) is 9.59 Å². The van der Waals surface area contributed by atoms with E-state index in [4.69, 9.17) is 0 Å². The first kappa shape index (κ1) is 13.9. The average Bonchev–Trinajstić information content (AvgIpc) is 2.52. The molecule has 0 aliphatic heterocycles. The summed E-state index contributed by atoms with van der Waals surface area (Å²) in [5, 5.41) is 10.0. The van der Waals surface area contributed by atoms with Crippen LogP contribution < -0.4 is 5.32 Å². The van der Waals surface area contributed by atoms with Crippen molar-refractivity contribution in [3.63, 3.8) is 0 Å². The van der Waals surface area contributed by atoms with Gasteiger partial charge in [0.15, 0.2) is 0 Å². The topological polar surface area (TPSA) is 72.0 Å². The molecule has 1 aromatic carbocycles. The van der Waals surface area contributed by atoms with Gasteiger partial charge in [-0.2, -0.15) is 5.10 Å². The number of nitrogens with one attached hydrogen (secondary N) is 1. The fourth-order valence-corrected chi connectivity index (χ4v) is 1.94. The van der Waals surface area contributed by atoms with E-state index >= 15 is 0 Å². The van der Waals surface area contributed by atoms with Gasteiger partial charge in [0, 0.05) is 6.20 Å². The van der Waals surface area contributed by atoms with E-state index in [1.165, 1.54) is 6.20 Å². The van der Waals surface area contributed by atoms with Gasteiger partial charge in [0.1, 0.15) is 5.69 Å². The van der Waals surface area contributed by atoms with Gasteiger partial charge in [-0.25, -0.2) is 0 Å². The van der Waals surface area contributed by atoms with Gasteiger partial charge in [-0.1, -0.05) is 30.3 Å². The van der Waals surface area contributed by atoms with Gasteiger partial charge in [0.05, 0.1) is 6.04 Å². The highest BCUT2D eigenvalue weighted by Gasteiger charge is 2.20. The Morgan fingerprint density at radius 3 is 2.65 bits per heavy atom. The lowest BCUT2D eigenvalue weighted by Crippen LogP contribution is -2.36. The Balaban J connectivity index is 2.03. The Morgan fingerprint density at radius 2 is 2.00 bits per heavy atom. The first-order valence-corrected chi connectivity index (χ1v) is 6.37. The number of hydrogen-bond acceptors (Lipinski definition) is 4. The Morgan fingerprint density at radius 1 is 1.20 bits per heavy atom. The molecule has 0 fully saturated rings. The van der Waals surface area contributed by atoms with Crippen LogP contribution in [0.3, 0.4) is 0 Å². The Labute approximate surface area is 117 Å². The summed E-state index contributed by atoms with van der Waals surface area (Å²) in [6.45, 7) is 0. The smallest absolute Gasteiger partial charge is 0.207 e. The molecule has 0 radical (unpaired) electrons. The van der Waals surface area contributed by atoms with Gasteiger partial charge in [-0.05, 0) is 30.5 Å². The molecule has 0 bridgehead atoms. The molecule has 1 amide bonds. The quantitative estimate of drug-likeness (QED) is 0.609. The minimum atomic E-state index is -0.579. The number of aromatic nitrogens is 2. The van der Waals surface area contributed by atoms with E-state index in [0.717, 1.165) is 5.56 Å². The van der Waals surface area contributed by atoms with Crippen molar-refractivity contribution < 1.29 is 9.59 Å². The summed E-state index contributed by atoms with van der Waals surface area (Å²) in [5.41, 5.74) is 1.39. The molecule has 102 valence electrons. The molecular formula is C15H15N3O2. The number of Topliss-reactive ketones (excluding diaryl/α,β-unsaturated/α-hetero) is 1. The Hall–Kier alpha value is -2.56. The van der Waals surface area contributed by atoms with E-state index in [-0.39, 0.29) is 11.5 Å². The fourth-order valence-electron chi connectivity index (χ4n) is 1.94. The van der Waals surface area contributed by atoms with Gasteiger partial charge < -0.3 is 5.32 Å². The highest BCUT2D eigenvalue weighted by Crippen LogP contribution is 2.08. The van der Waals surface area contributed by atoms with Crippen molar-refractivity contribution in [2.75, 3.05) is 0 Å². The van der Waals surface area contributed by atoms with Crippen LogP contribution in [0.1, 0.15) is 22.5 Å². The Kier molecular flexibility index (Phi) is 4.94. The summed E-state index contributed by atoms with van der Waals surface area (Å²) in [6, 6.07) is 12.5. The van der Waals surface area contributed by atoms with Crippen molar-refractivity contribution in [2.45, 2.75) is 18.9 Å². The van der Waals surface area contributed by atoms with Crippen molar-refractivity contribution in [3.05, 3.63) is 59.9 Å². The van der Waals surface area contributed by atoms with Gasteiger partial charge in [0.2, 0.25) is 12.2 Å². The van der Waals surface area contributed by atoms with Gasteiger partial charge >= 0.3 is 0 Å². The highest BCUT2D eigenvalue weighted by molar-refractivity contribution is 5.99. The summed E-state index contributed by atoms with van der Waals surface area (Å²) < 4.78 is 0. The zero-order chi connectivity index (χ0) is 14.2. The van der Waals surface area contributed by atoms with Crippen LogP contribution >= 0.6 is 0 Å². The standard InChI is InChI=1S/C15H15N3O2/c19-11-16-13(9-8-12-5-2-1-3-6-12)15(20)14-7-4-10-17-18-14/h1-7,10-11,13H,8-9H2,(H,16,19)/t13-/m0/s1. The monoisotopic (exact) mass is 269 g/mol.